The third-order valence-electron chi connectivity index (χ3n) is 3.23. The average molecular weight is 327 g/mol. The lowest BCUT2D eigenvalue weighted by atomic mass is 10.2. The van der Waals surface area contributed by atoms with Crippen LogP contribution in [-0.4, -0.2) is 20.0 Å². The fourth-order valence-corrected chi connectivity index (χ4v) is 2.49. The van der Waals surface area contributed by atoms with E-state index in [2.05, 4.69) is 20.6 Å². The van der Waals surface area contributed by atoms with Crippen LogP contribution in [0.4, 0.5) is 17.1 Å². The first-order valence-electron chi connectivity index (χ1n) is 6.81. The lowest BCUT2D eigenvalue weighted by Crippen LogP contribution is -2.19. The van der Waals surface area contributed by atoms with E-state index in [0.717, 1.165) is 22.5 Å². The van der Waals surface area contributed by atoms with Gasteiger partial charge in [-0.05, 0) is 37.3 Å². The molecule has 0 spiro atoms. The van der Waals surface area contributed by atoms with Crippen LogP contribution in [0, 0.1) is 17.0 Å². The Morgan fingerprint density at radius 3 is 2.65 bits per heavy atom. The highest BCUT2D eigenvalue weighted by atomic mass is 32.1. The number of benzene rings is 2. The first kappa shape index (κ1) is 14.9. The molecule has 3 aromatic rings. The van der Waals surface area contributed by atoms with Gasteiger partial charge < -0.3 is 15.6 Å². The van der Waals surface area contributed by atoms with Crippen LogP contribution in [0.5, 0.6) is 0 Å². The number of fused-ring (bicyclic) bond motifs is 1. The zero-order valence-corrected chi connectivity index (χ0v) is 13.0. The molecule has 2 aromatic carbocycles. The van der Waals surface area contributed by atoms with Crippen molar-refractivity contribution in [1.29, 1.82) is 0 Å². The Bertz CT molecular complexity index is 906. The fraction of sp³-hybridized carbons (Fsp3) is 0.0667. The number of imidazole rings is 1. The molecule has 0 unspecified atom stereocenters. The summed E-state index contributed by atoms with van der Waals surface area (Å²) >= 11 is 5.25. The molecule has 0 radical (unpaired) electrons. The summed E-state index contributed by atoms with van der Waals surface area (Å²) in [7, 11) is 0. The number of thiocarbonyl (C=S) groups is 1. The quantitative estimate of drug-likeness (QED) is 0.386. The summed E-state index contributed by atoms with van der Waals surface area (Å²) < 4.78 is 0. The number of rotatable bonds is 3. The van der Waals surface area contributed by atoms with Gasteiger partial charge in [0.25, 0.3) is 5.69 Å². The minimum Gasteiger partial charge on any atom is -0.342 e. The second-order valence-electron chi connectivity index (χ2n) is 4.88. The van der Waals surface area contributed by atoms with Gasteiger partial charge in [-0.1, -0.05) is 18.2 Å². The van der Waals surface area contributed by atoms with E-state index >= 15 is 0 Å². The first-order chi connectivity index (χ1) is 11.0. The Hall–Kier alpha value is -3.00. The van der Waals surface area contributed by atoms with Crippen LogP contribution in [0.2, 0.25) is 0 Å². The van der Waals surface area contributed by atoms with Crippen LogP contribution >= 0.6 is 12.2 Å². The second kappa shape index (κ2) is 6.01. The van der Waals surface area contributed by atoms with Crippen LogP contribution < -0.4 is 10.6 Å². The zero-order chi connectivity index (χ0) is 16.4. The van der Waals surface area contributed by atoms with E-state index in [0.29, 0.717) is 5.69 Å². The van der Waals surface area contributed by atoms with Crippen molar-refractivity contribution in [2.24, 2.45) is 0 Å². The van der Waals surface area contributed by atoms with Crippen molar-refractivity contribution >= 4 is 45.4 Å². The molecule has 1 heterocycles. The number of nitro benzene ring substituents is 1. The molecule has 0 aliphatic rings. The number of anilines is 2. The molecule has 0 atom stereocenters. The van der Waals surface area contributed by atoms with Gasteiger partial charge in [-0.2, -0.15) is 0 Å². The fourth-order valence-electron chi connectivity index (χ4n) is 2.27. The van der Waals surface area contributed by atoms with Gasteiger partial charge in [0.2, 0.25) is 0 Å². The summed E-state index contributed by atoms with van der Waals surface area (Å²) in [6.07, 6.45) is 0. The Morgan fingerprint density at radius 1 is 1.17 bits per heavy atom. The van der Waals surface area contributed by atoms with Crippen LogP contribution in [0.1, 0.15) is 5.82 Å². The Labute approximate surface area is 136 Å². The second-order valence-corrected chi connectivity index (χ2v) is 5.29. The molecule has 7 nitrogen and oxygen atoms in total. The Morgan fingerprint density at radius 2 is 1.87 bits per heavy atom. The van der Waals surface area contributed by atoms with Gasteiger partial charge >= 0.3 is 0 Å². The highest BCUT2D eigenvalue weighted by Crippen LogP contribution is 2.25. The van der Waals surface area contributed by atoms with Crippen molar-refractivity contribution in [3.8, 4) is 0 Å². The van der Waals surface area contributed by atoms with Crippen molar-refractivity contribution in [3.63, 3.8) is 0 Å². The molecule has 0 aliphatic heterocycles. The maximum Gasteiger partial charge on any atom is 0.292 e. The minimum atomic E-state index is -0.456. The number of hydrogen-bond donors (Lipinski definition) is 3. The number of aromatic amines is 1. The molecular weight excluding hydrogens is 314 g/mol. The summed E-state index contributed by atoms with van der Waals surface area (Å²) in [6, 6.07) is 12.0. The number of nitrogens with zero attached hydrogens (tertiary/aromatic N) is 2. The molecule has 0 saturated carbocycles. The minimum absolute atomic E-state index is 0.0366. The predicted octanol–water partition coefficient (Wildman–Crippen LogP) is 3.59. The number of para-hydroxylation sites is 3. The lowest BCUT2D eigenvalue weighted by molar-refractivity contribution is -0.383. The molecule has 0 aliphatic carbocycles. The molecule has 8 heteroatoms. The zero-order valence-electron chi connectivity index (χ0n) is 12.2. The molecule has 3 N–H and O–H groups in total. The van der Waals surface area contributed by atoms with Gasteiger partial charge in [-0.15, -0.1) is 0 Å². The number of nitrogens with one attached hydrogen (secondary N) is 3. The largest absolute Gasteiger partial charge is 0.342 e. The van der Waals surface area contributed by atoms with E-state index < -0.39 is 4.92 Å². The maximum atomic E-state index is 11.0. The lowest BCUT2D eigenvalue weighted by Gasteiger charge is -2.11. The average Bonchev–Trinajstić information content (AvgIpc) is 2.89. The standard InChI is InChI=1S/C15H13N5O2S/c1-9-16-11-6-4-7-12(14(11)17-9)19-15(23)18-10-5-2-3-8-13(10)20(21)22/h2-8H,1H3,(H,16,17)(H2,18,19,23). The SMILES string of the molecule is Cc1nc2c(NC(=S)Nc3ccccc3[N+](=O)[O-])cccc2[nH]1. The van der Waals surface area contributed by atoms with E-state index in [9.17, 15) is 10.1 Å². The molecule has 0 saturated heterocycles. The normalized spacial score (nSPS) is 10.5. The van der Waals surface area contributed by atoms with Crippen LogP contribution in [0.3, 0.4) is 0 Å². The van der Waals surface area contributed by atoms with Gasteiger partial charge in [0.15, 0.2) is 5.11 Å². The van der Waals surface area contributed by atoms with Crippen molar-refractivity contribution in [2.75, 3.05) is 10.6 Å². The van der Waals surface area contributed by atoms with Crippen molar-refractivity contribution < 1.29 is 4.92 Å². The molecule has 1 aromatic heterocycles. The van der Waals surface area contributed by atoms with Crippen molar-refractivity contribution in [1.82, 2.24) is 9.97 Å². The molecular formula is C15H13N5O2S. The van der Waals surface area contributed by atoms with E-state index in [-0.39, 0.29) is 10.8 Å². The summed E-state index contributed by atoms with van der Waals surface area (Å²) in [5, 5.41) is 17.2. The number of hydrogen-bond acceptors (Lipinski definition) is 4. The first-order valence-corrected chi connectivity index (χ1v) is 7.22. The third-order valence-corrected chi connectivity index (χ3v) is 3.43. The van der Waals surface area contributed by atoms with Crippen molar-refractivity contribution in [3.05, 3.63) is 58.4 Å². The van der Waals surface area contributed by atoms with Gasteiger partial charge in [-0.3, -0.25) is 10.1 Å². The molecule has 0 amide bonds. The summed E-state index contributed by atoms with van der Waals surface area (Å²) in [6.45, 7) is 1.87. The molecule has 0 bridgehead atoms. The van der Waals surface area contributed by atoms with E-state index in [1.54, 1.807) is 18.2 Å². The van der Waals surface area contributed by atoms with Gasteiger partial charge in [0.1, 0.15) is 17.0 Å². The number of nitro groups is 1. The van der Waals surface area contributed by atoms with E-state index in [1.807, 2.05) is 25.1 Å². The smallest absolute Gasteiger partial charge is 0.292 e. The number of H-pyrrole nitrogens is 1. The molecule has 116 valence electrons. The van der Waals surface area contributed by atoms with Gasteiger partial charge in [0, 0.05) is 6.07 Å². The maximum absolute atomic E-state index is 11.0. The summed E-state index contributed by atoms with van der Waals surface area (Å²) in [5.74, 6) is 0.798. The van der Waals surface area contributed by atoms with E-state index in [1.165, 1.54) is 6.07 Å². The van der Waals surface area contributed by atoms with Crippen LogP contribution in [0.15, 0.2) is 42.5 Å². The predicted molar refractivity (Wildman–Crippen MR) is 93.8 cm³/mol. The highest BCUT2D eigenvalue weighted by Gasteiger charge is 2.14. The third kappa shape index (κ3) is 3.11. The molecule has 3 rings (SSSR count). The topological polar surface area (TPSA) is 95.9 Å². The Kier molecular flexibility index (Phi) is 3.90. The van der Waals surface area contributed by atoms with Crippen molar-refractivity contribution in [2.45, 2.75) is 6.92 Å². The monoisotopic (exact) mass is 327 g/mol. The highest BCUT2D eigenvalue weighted by molar-refractivity contribution is 7.80. The van der Waals surface area contributed by atoms with Crippen LogP contribution in [0.25, 0.3) is 11.0 Å². The van der Waals surface area contributed by atoms with E-state index in [4.69, 9.17) is 12.2 Å². The van der Waals surface area contributed by atoms with Gasteiger partial charge in [-0.25, -0.2) is 4.98 Å². The summed E-state index contributed by atoms with van der Waals surface area (Å²) in [4.78, 5) is 18.1. The number of aromatic nitrogens is 2. The summed E-state index contributed by atoms with van der Waals surface area (Å²) in [5.41, 5.74) is 2.67. The number of aryl methyl sites for hydroxylation is 1. The van der Waals surface area contributed by atoms with Crippen LogP contribution in [-0.2, 0) is 0 Å². The Balaban J connectivity index is 1.83. The molecule has 23 heavy (non-hydrogen) atoms. The van der Waals surface area contributed by atoms with Gasteiger partial charge in [0.05, 0.1) is 16.1 Å². The molecule has 0 fully saturated rings.